The summed E-state index contributed by atoms with van der Waals surface area (Å²) < 4.78 is 14.0. The van der Waals surface area contributed by atoms with E-state index in [1.807, 2.05) is 0 Å². The number of hydrogen-bond acceptors (Lipinski definition) is 2. The SMILES string of the molecule is O=C1CC2(CCCC2)C(=O)N(c2ccc(Cl)cc2F)N1. The maximum absolute atomic E-state index is 14.0. The molecule has 1 heterocycles. The summed E-state index contributed by atoms with van der Waals surface area (Å²) in [5.41, 5.74) is 1.84. The van der Waals surface area contributed by atoms with Crippen molar-refractivity contribution in [2.45, 2.75) is 32.1 Å². The molecule has 20 heavy (non-hydrogen) atoms. The van der Waals surface area contributed by atoms with Gasteiger partial charge in [0.15, 0.2) is 0 Å². The fourth-order valence-electron chi connectivity index (χ4n) is 3.11. The number of carbonyl (C=O) groups excluding carboxylic acids is 2. The van der Waals surface area contributed by atoms with Crippen LogP contribution < -0.4 is 10.4 Å². The fraction of sp³-hybridized carbons (Fsp3) is 0.429. The summed E-state index contributed by atoms with van der Waals surface area (Å²) in [5, 5.41) is 1.29. The Morgan fingerprint density at radius 1 is 1.25 bits per heavy atom. The van der Waals surface area contributed by atoms with Gasteiger partial charge in [0.05, 0.1) is 5.41 Å². The number of nitrogens with zero attached hydrogens (tertiary/aromatic N) is 1. The van der Waals surface area contributed by atoms with Gasteiger partial charge in [0.25, 0.3) is 5.91 Å². The number of halogens is 2. The number of hydrogen-bond donors (Lipinski definition) is 1. The Bertz CT molecular complexity index is 585. The molecule has 1 spiro atoms. The van der Waals surface area contributed by atoms with E-state index in [-0.39, 0.29) is 28.9 Å². The lowest BCUT2D eigenvalue weighted by Gasteiger charge is -2.38. The molecule has 2 amide bonds. The molecule has 1 saturated carbocycles. The van der Waals surface area contributed by atoms with Gasteiger partial charge in [0.1, 0.15) is 11.5 Å². The Kier molecular flexibility index (Phi) is 3.17. The van der Waals surface area contributed by atoms with Gasteiger partial charge in [-0.05, 0) is 31.0 Å². The maximum atomic E-state index is 14.0. The molecule has 0 aromatic heterocycles. The van der Waals surface area contributed by atoms with Crippen LogP contribution in [0.2, 0.25) is 5.02 Å². The lowest BCUT2D eigenvalue weighted by atomic mass is 9.80. The van der Waals surface area contributed by atoms with Crippen molar-refractivity contribution in [3.8, 4) is 0 Å². The second kappa shape index (κ2) is 4.74. The van der Waals surface area contributed by atoms with Gasteiger partial charge in [0, 0.05) is 11.4 Å². The molecule has 1 saturated heterocycles. The lowest BCUT2D eigenvalue weighted by molar-refractivity contribution is -0.140. The summed E-state index contributed by atoms with van der Waals surface area (Å²) >= 11 is 5.71. The smallest absolute Gasteiger partial charge is 0.252 e. The molecule has 0 radical (unpaired) electrons. The molecule has 0 bridgehead atoms. The molecule has 4 nitrogen and oxygen atoms in total. The zero-order valence-corrected chi connectivity index (χ0v) is 11.5. The van der Waals surface area contributed by atoms with Crippen LogP contribution in [0.15, 0.2) is 18.2 Å². The third-order valence-electron chi connectivity index (χ3n) is 4.10. The maximum Gasteiger partial charge on any atom is 0.252 e. The van der Waals surface area contributed by atoms with Gasteiger partial charge in [-0.1, -0.05) is 24.4 Å². The number of amides is 2. The van der Waals surface area contributed by atoms with E-state index in [9.17, 15) is 14.0 Å². The van der Waals surface area contributed by atoms with E-state index in [0.29, 0.717) is 12.8 Å². The van der Waals surface area contributed by atoms with Crippen molar-refractivity contribution in [1.29, 1.82) is 0 Å². The molecule has 0 atom stereocenters. The standard InChI is InChI=1S/C14H14ClFN2O2/c15-9-3-4-11(10(16)7-9)18-13(20)14(5-1-2-6-14)8-12(19)17-18/h3-4,7H,1-2,5-6,8H2,(H,17,19). The normalized spacial score (nSPS) is 21.4. The first kappa shape index (κ1) is 13.4. The van der Waals surface area contributed by atoms with E-state index in [2.05, 4.69) is 5.43 Å². The van der Waals surface area contributed by atoms with Crippen LogP contribution in [0, 0.1) is 11.2 Å². The predicted octanol–water partition coefficient (Wildman–Crippen LogP) is 2.81. The largest absolute Gasteiger partial charge is 0.273 e. The van der Waals surface area contributed by atoms with Crippen molar-refractivity contribution in [3.63, 3.8) is 0 Å². The highest BCUT2D eigenvalue weighted by molar-refractivity contribution is 6.30. The number of hydrazine groups is 1. The van der Waals surface area contributed by atoms with Crippen molar-refractivity contribution < 1.29 is 14.0 Å². The lowest BCUT2D eigenvalue weighted by Crippen LogP contribution is -2.59. The van der Waals surface area contributed by atoms with E-state index in [1.54, 1.807) is 0 Å². The molecule has 2 aliphatic rings. The van der Waals surface area contributed by atoms with Crippen molar-refractivity contribution in [2.75, 3.05) is 5.01 Å². The van der Waals surface area contributed by atoms with Crippen LogP contribution in [0.4, 0.5) is 10.1 Å². The number of nitrogens with one attached hydrogen (secondary N) is 1. The van der Waals surface area contributed by atoms with Gasteiger partial charge >= 0.3 is 0 Å². The van der Waals surface area contributed by atoms with Crippen LogP contribution in [-0.4, -0.2) is 11.8 Å². The Balaban J connectivity index is 1.99. The van der Waals surface area contributed by atoms with Gasteiger partial charge in [-0.15, -0.1) is 0 Å². The Hall–Kier alpha value is -1.62. The number of carbonyl (C=O) groups is 2. The molecule has 1 N–H and O–H groups in total. The molecule has 3 rings (SSSR count). The average molecular weight is 297 g/mol. The van der Waals surface area contributed by atoms with Crippen LogP contribution in [0.3, 0.4) is 0 Å². The highest BCUT2D eigenvalue weighted by Gasteiger charge is 2.49. The molecule has 106 valence electrons. The average Bonchev–Trinajstić information content (AvgIpc) is 2.84. The first-order valence-electron chi connectivity index (χ1n) is 6.61. The topological polar surface area (TPSA) is 49.4 Å². The number of rotatable bonds is 1. The second-order valence-electron chi connectivity index (χ2n) is 5.44. The first-order chi connectivity index (χ1) is 9.52. The monoisotopic (exact) mass is 296 g/mol. The number of benzene rings is 1. The minimum atomic E-state index is -0.658. The quantitative estimate of drug-likeness (QED) is 0.866. The van der Waals surface area contributed by atoms with Gasteiger partial charge in [0.2, 0.25) is 5.91 Å². The number of anilines is 1. The summed E-state index contributed by atoms with van der Waals surface area (Å²) in [6, 6.07) is 4.03. The van der Waals surface area contributed by atoms with E-state index in [0.717, 1.165) is 23.9 Å². The second-order valence-corrected chi connectivity index (χ2v) is 5.87. The van der Waals surface area contributed by atoms with E-state index >= 15 is 0 Å². The third kappa shape index (κ3) is 2.06. The molecular weight excluding hydrogens is 283 g/mol. The summed E-state index contributed by atoms with van der Waals surface area (Å²) in [5.74, 6) is -1.10. The Morgan fingerprint density at radius 3 is 2.60 bits per heavy atom. The molecule has 6 heteroatoms. The fourth-order valence-corrected chi connectivity index (χ4v) is 3.27. The van der Waals surface area contributed by atoms with Gasteiger partial charge in [-0.2, -0.15) is 0 Å². The summed E-state index contributed by atoms with van der Waals surface area (Å²) in [7, 11) is 0. The Morgan fingerprint density at radius 2 is 1.95 bits per heavy atom. The summed E-state index contributed by atoms with van der Waals surface area (Å²) in [4.78, 5) is 24.5. The van der Waals surface area contributed by atoms with Gasteiger partial charge < -0.3 is 0 Å². The molecular formula is C14H14ClFN2O2. The zero-order valence-electron chi connectivity index (χ0n) is 10.8. The molecule has 0 unspecified atom stereocenters. The predicted molar refractivity (Wildman–Crippen MR) is 72.6 cm³/mol. The van der Waals surface area contributed by atoms with Crippen LogP contribution in [0.25, 0.3) is 0 Å². The Labute approximate surface area is 120 Å². The van der Waals surface area contributed by atoms with Crippen LogP contribution in [0.1, 0.15) is 32.1 Å². The van der Waals surface area contributed by atoms with Crippen LogP contribution >= 0.6 is 11.6 Å². The molecule has 1 aromatic carbocycles. The summed E-state index contributed by atoms with van der Waals surface area (Å²) in [6.07, 6.45) is 3.42. The van der Waals surface area contributed by atoms with Crippen LogP contribution in [0.5, 0.6) is 0 Å². The molecule has 2 fully saturated rings. The first-order valence-corrected chi connectivity index (χ1v) is 6.99. The van der Waals surface area contributed by atoms with Crippen molar-refractivity contribution in [2.24, 2.45) is 5.41 Å². The third-order valence-corrected chi connectivity index (χ3v) is 4.34. The van der Waals surface area contributed by atoms with Crippen LogP contribution in [-0.2, 0) is 9.59 Å². The van der Waals surface area contributed by atoms with E-state index in [4.69, 9.17) is 11.6 Å². The van der Waals surface area contributed by atoms with Gasteiger partial charge in [-0.25, -0.2) is 9.40 Å². The zero-order chi connectivity index (χ0) is 14.3. The highest BCUT2D eigenvalue weighted by atomic mass is 35.5. The minimum Gasteiger partial charge on any atom is -0.273 e. The summed E-state index contributed by atoms with van der Waals surface area (Å²) in [6.45, 7) is 0. The van der Waals surface area contributed by atoms with Crippen molar-refractivity contribution in [1.82, 2.24) is 5.43 Å². The van der Waals surface area contributed by atoms with Gasteiger partial charge in [-0.3, -0.25) is 15.0 Å². The van der Waals surface area contributed by atoms with E-state index in [1.165, 1.54) is 12.1 Å². The van der Waals surface area contributed by atoms with Crippen molar-refractivity contribution in [3.05, 3.63) is 29.0 Å². The molecule has 1 aliphatic carbocycles. The highest BCUT2D eigenvalue weighted by Crippen LogP contribution is 2.45. The molecule has 1 aromatic rings. The van der Waals surface area contributed by atoms with Crippen molar-refractivity contribution >= 4 is 29.1 Å². The molecule has 1 aliphatic heterocycles. The minimum absolute atomic E-state index is 0.0405. The van der Waals surface area contributed by atoms with E-state index < -0.39 is 11.2 Å².